The number of carbonyl (C=O) groups is 2. The molecule has 5 nitrogen and oxygen atoms in total. The fraction of sp³-hybridized carbons (Fsp3) is 0.0667. The molecule has 0 atom stereocenters. The van der Waals surface area contributed by atoms with Gasteiger partial charge in [-0.05, 0) is 31.2 Å². The maximum absolute atomic E-state index is 12.0. The summed E-state index contributed by atoms with van der Waals surface area (Å²) >= 11 is 0. The van der Waals surface area contributed by atoms with Crippen LogP contribution in [0, 0.1) is 0 Å². The van der Waals surface area contributed by atoms with Crippen LogP contribution in [-0.4, -0.2) is 11.9 Å². The SMILES string of the molecule is C/C(=C(/NC(=O)c1ccccc1)C(=O)[O-])c1ccco1. The topological polar surface area (TPSA) is 82.4 Å². The van der Waals surface area contributed by atoms with E-state index in [-0.39, 0.29) is 5.70 Å². The molecule has 0 aliphatic heterocycles. The molecule has 2 aromatic rings. The number of nitrogens with one attached hydrogen (secondary N) is 1. The van der Waals surface area contributed by atoms with Gasteiger partial charge in [-0.3, -0.25) is 4.79 Å². The lowest BCUT2D eigenvalue weighted by atomic mass is 10.1. The zero-order valence-corrected chi connectivity index (χ0v) is 10.8. The second-order valence-corrected chi connectivity index (χ2v) is 4.08. The van der Waals surface area contributed by atoms with Gasteiger partial charge in [0.2, 0.25) is 0 Å². The third-order valence-corrected chi connectivity index (χ3v) is 2.74. The lowest BCUT2D eigenvalue weighted by Gasteiger charge is -2.13. The van der Waals surface area contributed by atoms with Crippen LogP contribution in [0.25, 0.3) is 5.57 Å². The lowest BCUT2D eigenvalue weighted by Crippen LogP contribution is -2.36. The minimum absolute atomic E-state index is 0.291. The number of allylic oxidation sites excluding steroid dienone is 1. The summed E-state index contributed by atoms with van der Waals surface area (Å²) < 4.78 is 5.11. The number of benzene rings is 1. The van der Waals surface area contributed by atoms with E-state index < -0.39 is 11.9 Å². The number of hydrogen-bond acceptors (Lipinski definition) is 4. The molecular formula is C15H12NO4-. The Morgan fingerprint density at radius 2 is 1.80 bits per heavy atom. The molecule has 1 amide bonds. The molecule has 1 aromatic carbocycles. The van der Waals surface area contributed by atoms with Gasteiger partial charge in [-0.1, -0.05) is 18.2 Å². The summed E-state index contributed by atoms with van der Waals surface area (Å²) in [6, 6.07) is 11.6. The van der Waals surface area contributed by atoms with E-state index in [2.05, 4.69) is 5.32 Å². The van der Waals surface area contributed by atoms with Crippen LogP contribution in [0.2, 0.25) is 0 Å². The Morgan fingerprint density at radius 3 is 2.35 bits per heavy atom. The molecule has 0 fully saturated rings. The van der Waals surface area contributed by atoms with Gasteiger partial charge >= 0.3 is 0 Å². The van der Waals surface area contributed by atoms with Gasteiger partial charge < -0.3 is 19.6 Å². The quantitative estimate of drug-likeness (QED) is 0.846. The summed E-state index contributed by atoms with van der Waals surface area (Å²) in [6.45, 7) is 1.54. The van der Waals surface area contributed by atoms with Gasteiger partial charge in [0.1, 0.15) is 5.76 Å². The summed E-state index contributed by atoms with van der Waals surface area (Å²) in [5, 5.41) is 13.5. The average Bonchev–Trinajstić information content (AvgIpc) is 2.98. The zero-order chi connectivity index (χ0) is 14.5. The van der Waals surface area contributed by atoms with Gasteiger partial charge in [0.05, 0.1) is 17.9 Å². The van der Waals surface area contributed by atoms with Crippen LogP contribution >= 0.6 is 0 Å². The second-order valence-electron chi connectivity index (χ2n) is 4.08. The minimum Gasteiger partial charge on any atom is -0.543 e. The van der Waals surface area contributed by atoms with Crippen molar-refractivity contribution in [2.24, 2.45) is 0 Å². The van der Waals surface area contributed by atoms with Crippen molar-refractivity contribution in [3.8, 4) is 0 Å². The van der Waals surface area contributed by atoms with E-state index in [0.29, 0.717) is 16.9 Å². The van der Waals surface area contributed by atoms with E-state index in [4.69, 9.17) is 4.42 Å². The third kappa shape index (κ3) is 2.95. The normalized spacial score (nSPS) is 11.7. The summed E-state index contributed by atoms with van der Waals surface area (Å²) in [5.41, 5.74) is 0.339. The van der Waals surface area contributed by atoms with Gasteiger partial charge in [0.25, 0.3) is 5.91 Å². The van der Waals surface area contributed by atoms with Crippen LogP contribution in [0.5, 0.6) is 0 Å². The summed E-state index contributed by atoms with van der Waals surface area (Å²) in [6.07, 6.45) is 1.42. The Morgan fingerprint density at radius 1 is 1.10 bits per heavy atom. The number of carboxylic acids is 1. The largest absolute Gasteiger partial charge is 0.543 e. The predicted molar refractivity (Wildman–Crippen MR) is 70.2 cm³/mol. The van der Waals surface area contributed by atoms with Crippen LogP contribution in [0.1, 0.15) is 23.0 Å². The van der Waals surface area contributed by atoms with Crippen molar-refractivity contribution in [3.05, 3.63) is 65.7 Å². The van der Waals surface area contributed by atoms with Crippen molar-refractivity contribution in [2.75, 3.05) is 0 Å². The Hall–Kier alpha value is -2.82. The molecule has 102 valence electrons. The highest BCUT2D eigenvalue weighted by molar-refractivity contribution is 6.03. The Labute approximate surface area is 115 Å². The molecule has 0 saturated heterocycles. The van der Waals surface area contributed by atoms with Crippen LogP contribution in [0.4, 0.5) is 0 Å². The number of rotatable bonds is 4. The van der Waals surface area contributed by atoms with E-state index >= 15 is 0 Å². The minimum atomic E-state index is -1.47. The van der Waals surface area contributed by atoms with E-state index in [0.717, 1.165) is 0 Å². The molecule has 0 aliphatic rings. The molecule has 0 aliphatic carbocycles. The van der Waals surface area contributed by atoms with Crippen molar-refractivity contribution in [2.45, 2.75) is 6.92 Å². The first-order chi connectivity index (χ1) is 9.59. The van der Waals surface area contributed by atoms with Crippen molar-refractivity contribution in [3.63, 3.8) is 0 Å². The molecule has 0 radical (unpaired) electrons. The van der Waals surface area contributed by atoms with Gasteiger partial charge in [-0.25, -0.2) is 0 Å². The highest BCUT2D eigenvalue weighted by Crippen LogP contribution is 2.17. The van der Waals surface area contributed by atoms with Gasteiger partial charge in [-0.2, -0.15) is 0 Å². The standard InChI is InChI=1S/C15H13NO4/c1-10(12-8-5-9-20-12)13(15(18)19)16-14(17)11-6-3-2-4-7-11/h2-9H,1H3,(H,16,17)(H,18,19)/p-1/b13-10-. The zero-order valence-electron chi connectivity index (χ0n) is 10.8. The van der Waals surface area contributed by atoms with Gasteiger partial charge in [0.15, 0.2) is 0 Å². The summed E-state index contributed by atoms with van der Waals surface area (Å²) in [5.74, 6) is -1.63. The first-order valence-corrected chi connectivity index (χ1v) is 5.92. The summed E-state index contributed by atoms with van der Waals surface area (Å²) in [4.78, 5) is 23.1. The maximum Gasteiger partial charge on any atom is 0.255 e. The Kier molecular flexibility index (Phi) is 4.00. The molecule has 1 aromatic heterocycles. The molecule has 20 heavy (non-hydrogen) atoms. The predicted octanol–water partition coefficient (Wildman–Crippen LogP) is 1.19. The van der Waals surface area contributed by atoms with Crippen molar-refractivity contribution >= 4 is 17.4 Å². The van der Waals surface area contributed by atoms with E-state index in [1.807, 2.05) is 0 Å². The number of carbonyl (C=O) groups excluding carboxylic acids is 2. The van der Waals surface area contributed by atoms with Gasteiger partial charge in [0, 0.05) is 11.1 Å². The average molecular weight is 270 g/mol. The van der Waals surface area contributed by atoms with Crippen LogP contribution in [0.15, 0.2) is 58.8 Å². The molecule has 1 N–H and O–H groups in total. The van der Waals surface area contributed by atoms with Crippen molar-refractivity contribution < 1.29 is 19.1 Å². The molecule has 0 saturated carbocycles. The Balaban J connectivity index is 2.30. The van der Waals surface area contributed by atoms with Crippen LogP contribution < -0.4 is 10.4 Å². The fourth-order valence-electron chi connectivity index (χ4n) is 1.69. The lowest BCUT2D eigenvalue weighted by molar-refractivity contribution is -0.299. The molecule has 5 heteroatoms. The Bertz CT molecular complexity index is 642. The van der Waals surface area contributed by atoms with Crippen LogP contribution in [-0.2, 0) is 4.79 Å². The molecule has 2 rings (SSSR count). The summed E-state index contributed by atoms with van der Waals surface area (Å²) in [7, 11) is 0. The number of aliphatic carboxylic acids is 1. The van der Waals surface area contributed by atoms with Gasteiger partial charge in [-0.15, -0.1) is 0 Å². The first-order valence-electron chi connectivity index (χ1n) is 5.92. The molecule has 1 heterocycles. The van der Waals surface area contributed by atoms with Crippen molar-refractivity contribution in [1.82, 2.24) is 5.32 Å². The molecule has 0 spiro atoms. The van der Waals surface area contributed by atoms with E-state index in [1.54, 1.807) is 42.5 Å². The maximum atomic E-state index is 12.0. The number of hydrogen-bond donors (Lipinski definition) is 1. The molecular weight excluding hydrogens is 258 g/mol. The number of carboxylic acid groups (broad SMARTS) is 1. The number of amides is 1. The molecule has 0 unspecified atom stereocenters. The monoisotopic (exact) mass is 270 g/mol. The highest BCUT2D eigenvalue weighted by Gasteiger charge is 2.13. The van der Waals surface area contributed by atoms with Crippen LogP contribution in [0.3, 0.4) is 0 Å². The fourth-order valence-corrected chi connectivity index (χ4v) is 1.69. The number of furan rings is 1. The smallest absolute Gasteiger partial charge is 0.255 e. The first kappa shape index (κ1) is 13.6. The van der Waals surface area contributed by atoms with E-state index in [1.165, 1.54) is 13.2 Å². The highest BCUT2D eigenvalue weighted by atomic mass is 16.4. The van der Waals surface area contributed by atoms with Crippen molar-refractivity contribution in [1.29, 1.82) is 0 Å². The second kappa shape index (κ2) is 5.88. The third-order valence-electron chi connectivity index (χ3n) is 2.74. The molecule has 0 bridgehead atoms. The van der Waals surface area contributed by atoms with E-state index in [9.17, 15) is 14.7 Å².